The number of rotatable bonds is 6. The lowest BCUT2D eigenvalue weighted by molar-refractivity contribution is 0.140. The Morgan fingerprint density at radius 2 is 2.05 bits per heavy atom. The fraction of sp³-hybridized carbons (Fsp3) is 0.176. The van der Waals surface area contributed by atoms with Crippen molar-refractivity contribution in [2.45, 2.75) is 13.0 Å². The number of ether oxygens (including phenoxy) is 1. The summed E-state index contributed by atoms with van der Waals surface area (Å²) in [6, 6.07) is 12.5. The first kappa shape index (κ1) is 15.6. The van der Waals surface area contributed by atoms with Crippen LogP contribution in [-0.2, 0) is 11.3 Å². The Hall–Kier alpha value is -2.82. The average Bonchev–Trinajstić information content (AvgIpc) is 2.54. The number of amides is 1. The molecule has 0 radical (unpaired) electrons. The molecule has 114 valence electrons. The van der Waals surface area contributed by atoms with Crippen molar-refractivity contribution >= 4 is 12.2 Å². The number of benzene rings is 1. The highest BCUT2D eigenvalue weighted by Crippen LogP contribution is 2.00. The molecule has 1 heterocycles. The molecular formula is C17H18N2O3. The van der Waals surface area contributed by atoms with Gasteiger partial charge in [0, 0.05) is 30.6 Å². The average molecular weight is 298 g/mol. The quantitative estimate of drug-likeness (QED) is 0.805. The van der Waals surface area contributed by atoms with E-state index in [4.69, 9.17) is 4.74 Å². The largest absolute Gasteiger partial charge is 0.445 e. The monoisotopic (exact) mass is 298 g/mol. The van der Waals surface area contributed by atoms with E-state index in [1.165, 1.54) is 12.1 Å². The number of nitrogens with one attached hydrogen (secondary N) is 2. The SMILES string of the molecule is O=C(NCCC=Cc1cc(=O)cc[nH]1)OCc1ccccc1. The topological polar surface area (TPSA) is 71.2 Å². The third-order valence-electron chi connectivity index (χ3n) is 2.89. The highest BCUT2D eigenvalue weighted by molar-refractivity contribution is 5.67. The maximum atomic E-state index is 11.5. The Balaban J connectivity index is 1.64. The molecule has 0 spiro atoms. The van der Waals surface area contributed by atoms with Gasteiger partial charge in [-0.05, 0) is 18.1 Å². The summed E-state index contributed by atoms with van der Waals surface area (Å²) in [7, 11) is 0. The van der Waals surface area contributed by atoms with Crippen molar-refractivity contribution in [3.05, 3.63) is 76.2 Å². The van der Waals surface area contributed by atoms with E-state index in [0.717, 1.165) is 11.3 Å². The summed E-state index contributed by atoms with van der Waals surface area (Å²) in [5, 5.41) is 2.67. The van der Waals surface area contributed by atoms with Crippen molar-refractivity contribution in [3.63, 3.8) is 0 Å². The summed E-state index contributed by atoms with van der Waals surface area (Å²) in [6.07, 6.45) is 5.49. The molecule has 0 saturated heterocycles. The van der Waals surface area contributed by atoms with Gasteiger partial charge in [-0.3, -0.25) is 4.79 Å². The van der Waals surface area contributed by atoms with Crippen LogP contribution in [0.5, 0.6) is 0 Å². The molecule has 1 amide bonds. The first-order valence-electron chi connectivity index (χ1n) is 7.04. The second-order valence-corrected chi connectivity index (χ2v) is 4.66. The minimum Gasteiger partial charge on any atom is -0.445 e. The standard InChI is InChI=1S/C17H18N2O3/c20-16-9-11-18-15(12-16)8-4-5-10-19-17(21)22-13-14-6-2-1-3-7-14/h1-4,6-9,11-12H,5,10,13H2,(H,18,20)(H,19,21). The number of hydrogen-bond donors (Lipinski definition) is 2. The Morgan fingerprint density at radius 1 is 1.23 bits per heavy atom. The van der Waals surface area contributed by atoms with E-state index in [1.807, 2.05) is 36.4 Å². The molecule has 2 aromatic rings. The molecule has 0 fully saturated rings. The molecule has 0 aliphatic heterocycles. The van der Waals surface area contributed by atoms with Gasteiger partial charge < -0.3 is 15.0 Å². The molecule has 22 heavy (non-hydrogen) atoms. The van der Waals surface area contributed by atoms with Crippen molar-refractivity contribution in [3.8, 4) is 0 Å². The van der Waals surface area contributed by atoms with Gasteiger partial charge in [-0.1, -0.05) is 36.4 Å². The zero-order valence-corrected chi connectivity index (χ0v) is 12.1. The Labute approximate surface area is 128 Å². The van der Waals surface area contributed by atoms with Crippen molar-refractivity contribution in [2.24, 2.45) is 0 Å². The van der Waals surface area contributed by atoms with Crippen molar-refractivity contribution < 1.29 is 9.53 Å². The summed E-state index contributed by atoms with van der Waals surface area (Å²) < 4.78 is 5.09. The Morgan fingerprint density at radius 3 is 2.82 bits per heavy atom. The molecule has 5 heteroatoms. The fourth-order valence-electron chi connectivity index (χ4n) is 1.80. The first-order chi connectivity index (χ1) is 10.7. The second-order valence-electron chi connectivity index (χ2n) is 4.66. The molecule has 0 atom stereocenters. The van der Waals surface area contributed by atoms with Crippen LogP contribution in [0.15, 0.2) is 59.5 Å². The zero-order valence-electron chi connectivity index (χ0n) is 12.1. The van der Waals surface area contributed by atoms with Crippen LogP contribution in [0.1, 0.15) is 17.7 Å². The maximum absolute atomic E-state index is 11.5. The van der Waals surface area contributed by atoms with Crippen LogP contribution in [-0.4, -0.2) is 17.6 Å². The number of aromatic amines is 1. The summed E-state index contributed by atoms with van der Waals surface area (Å²) >= 11 is 0. The first-order valence-corrected chi connectivity index (χ1v) is 7.04. The summed E-state index contributed by atoms with van der Waals surface area (Å²) in [4.78, 5) is 25.6. The smallest absolute Gasteiger partial charge is 0.407 e. The molecule has 5 nitrogen and oxygen atoms in total. The Kier molecular flexibility index (Phi) is 5.99. The van der Waals surface area contributed by atoms with Gasteiger partial charge in [0.1, 0.15) is 6.61 Å². The van der Waals surface area contributed by atoms with Crippen molar-refractivity contribution in [2.75, 3.05) is 6.54 Å². The number of carbonyl (C=O) groups excluding carboxylic acids is 1. The van der Waals surface area contributed by atoms with E-state index in [2.05, 4.69) is 10.3 Å². The van der Waals surface area contributed by atoms with Crippen LogP contribution in [0.4, 0.5) is 4.79 Å². The van der Waals surface area contributed by atoms with Crippen molar-refractivity contribution in [1.29, 1.82) is 0 Å². The van der Waals surface area contributed by atoms with Gasteiger partial charge in [-0.15, -0.1) is 0 Å². The van der Waals surface area contributed by atoms with Crippen LogP contribution < -0.4 is 10.7 Å². The third kappa shape index (κ3) is 5.66. The van der Waals surface area contributed by atoms with E-state index in [0.29, 0.717) is 13.0 Å². The Bertz CT molecular complexity index is 678. The lowest BCUT2D eigenvalue weighted by atomic mass is 10.2. The molecule has 1 aromatic carbocycles. The predicted molar refractivity (Wildman–Crippen MR) is 85.3 cm³/mol. The number of pyridine rings is 1. The van der Waals surface area contributed by atoms with Crippen LogP contribution in [0, 0.1) is 0 Å². The molecule has 0 unspecified atom stereocenters. The molecule has 2 N–H and O–H groups in total. The van der Waals surface area contributed by atoms with E-state index < -0.39 is 6.09 Å². The predicted octanol–water partition coefficient (Wildman–Crippen LogP) is 2.70. The van der Waals surface area contributed by atoms with E-state index in [1.54, 1.807) is 12.3 Å². The van der Waals surface area contributed by atoms with Gasteiger partial charge in [0.25, 0.3) is 0 Å². The lowest BCUT2D eigenvalue weighted by Gasteiger charge is -2.05. The number of aromatic nitrogens is 1. The summed E-state index contributed by atoms with van der Waals surface area (Å²) in [5.74, 6) is 0. The van der Waals surface area contributed by atoms with Crippen LogP contribution in [0.25, 0.3) is 6.08 Å². The second kappa shape index (κ2) is 8.46. The highest BCUT2D eigenvalue weighted by atomic mass is 16.5. The van der Waals surface area contributed by atoms with Gasteiger partial charge in [0.05, 0.1) is 0 Å². The number of alkyl carbamates (subject to hydrolysis) is 1. The molecule has 0 bridgehead atoms. The maximum Gasteiger partial charge on any atom is 0.407 e. The minimum atomic E-state index is -0.439. The lowest BCUT2D eigenvalue weighted by Crippen LogP contribution is -2.24. The van der Waals surface area contributed by atoms with Gasteiger partial charge in [-0.2, -0.15) is 0 Å². The molecule has 1 aromatic heterocycles. The van der Waals surface area contributed by atoms with Crippen LogP contribution in [0.3, 0.4) is 0 Å². The fourth-order valence-corrected chi connectivity index (χ4v) is 1.80. The van der Waals surface area contributed by atoms with Gasteiger partial charge >= 0.3 is 6.09 Å². The summed E-state index contributed by atoms with van der Waals surface area (Å²) in [5.41, 5.74) is 1.64. The van der Waals surface area contributed by atoms with Crippen molar-refractivity contribution in [1.82, 2.24) is 10.3 Å². The van der Waals surface area contributed by atoms with Gasteiger partial charge in [-0.25, -0.2) is 4.79 Å². The number of carbonyl (C=O) groups is 1. The van der Waals surface area contributed by atoms with E-state index in [9.17, 15) is 9.59 Å². The molecule has 0 saturated carbocycles. The number of hydrogen-bond acceptors (Lipinski definition) is 3. The number of H-pyrrole nitrogens is 1. The van der Waals surface area contributed by atoms with Crippen LogP contribution >= 0.6 is 0 Å². The zero-order chi connectivity index (χ0) is 15.6. The van der Waals surface area contributed by atoms with E-state index in [-0.39, 0.29) is 12.0 Å². The third-order valence-corrected chi connectivity index (χ3v) is 2.89. The van der Waals surface area contributed by atoms with Gasteiger partial charge in [0.2, 0.25) is 0 Å². The molecule has 0 aliphatic carbocycles. The summed E-state index contributed by atoms with van der Waals surface area (Å²) in [6.45, 7) is 0.731. The molecular weight excluding hydrogens is 280 g/mol. The highest BCUT2D eigenvalue weighted by Gasteiger charge is 2.00. The normalized spacial score (nSPS) is 10.5. The van der Waals surface area contributed by atoms with Gasteiger partial charge in [0.15, 0.2) is 5.43 Å². The van der Waals surface area contributed by atoms with Crippen LogP contribution in [0.2, 0.25) is 0 Å². The minimum absolute atomic E-state index is 0.0407. The van der Waals surface area contributed by atoms with E-state index >= 15 is 0 Å². The molecule has 2 rings (SSSR count). The molecule has 0 aliphatic rings.